The van der Waals surface area contributed by atoms with E-state index in [2.05, 4.69) is 0 Å². The molecule has 0 bridgehead atoms. The Morgan fingerprint density at radius 2 is 1.90 bits per heavy atom. The van der Waals surface area contributed by atoms with Gasteiger partial charge in [0, 0.05) is 31.7 Å². The largest absolute Gasteiger partial charge is 0.496 e. The third-order valence-corrected chi connectivity index (χ3v) is 3.69. The number of aryl methyl sites for hydroxylation is 1. The molecule has 0 unspecified atom stereocenters. The Labute approximate surface area is 124 Å². The summed E-state index contributed by atoms with van der Waals surface area (Å²) in [7, 11) is 1.60. The number of carbonyl (C=O) groups is 2. The van der Waals surface area contributed by atoms with Crippen molar-refractivity contribution in [3.8, 4) is 5.75 Å². The van der Waals surface area contributed by atoms with Crippen LogP contribution < -0.4 is 10.5 Å². The van der Waals surface area contributed by atoms with Crippen molar-refractivity contribution in [3.63, 3.8) is 0 Å². The number of piperazine rings is 1. The minimum absolute atomic E-state index is 0.00738. The summed E-state index contributed by atoms with van der Waals surface area (Å²) < 4.78 is 5.25. The fraction of sp³-hybridized carbons (Fsp3) is 0.467. The highest BCUT2D eigenvalue weighted by molar-refractivity contribution is 5.94. The van der Waals surface area contributed by atoms with Crippen LogP contribution in [0.1, 0.15) is 15.9 Å². The second-order valence-electron chi connectivity index (χ2n) is 5.22. The first-order valence-electron chi connectivity index (χ1n) is 6.96. The van der Waals surface area contributed by atoms with E-state index < -0.39 is 0 Å². The van der Waals surface area contributed by atoms with Gasteiger partial charge in [0.1, 0.15) is 5.75 Å². The van der Waals surface area contributed by atoms with E-state index in [1.807, 2.05) is 24.0 Å². The maximum atomic E-state index is 12.5. The number of benzene rings is 1. The van der Waals surface area contributed by atoms with Crippen molar-refractivity contribution >= 4 is 11.8 Å². The monoisotopic (exact) mass is 291 g/mol. The van der Waals surface area contributed by atoms with E-state index in [1.165, 1.54) is 0 Å². The van der Waals surface area contributed by atoms with Crippen LogP contribution >= 0.6 is 0 Å². The predicted molar refractivity (Wildman–Crippen MR) is 79.3 cm³/mol. The standard InChI is InChI=1S/C15H21N3O3/c1-11-3-4-12(9-13(11)21-2)15(20)18-7-5-17(6-8-18)10-14(16)19/h3-4,9H,5-8,10H2,1-2H3,(H2,16,19). The normalized spacial score (nSPS) is 15.8. The molecule has 0 atom stereocenters. The Hall–Kier alpha value is -2.08. The van der Waals surface area contributed by atoms with Crippen molar-refractivity contribution < 1.29 is 14.3 Å². The quantitative estimate of drug-likeness (QED) is 0.862. The van der Waals surface area contributed by atoms with E-state index >= 15 is 0 Å². The molecule has 2 rings (SSSR count). The van der Waals surface area contributed by atoms with E-state index in [9.17, 15) is 9.59 Å². The van der Waals surface area contributed by atoms with Crippen molar-refractivity contribution in [2.24, 2.45) is 5.73 Å². The maximum Gasteiger partial charge on any atom is 0.254 e. The van der Waals surface area contributed by atoms with E-state index in [4.69, 9.17) is 10.5 Å². The molecule has 6 heteroatoms. The first-order chi connectivity index (χ1) is 10.0. The molecule has 1 aromatic carbocycles. The number of ether oxygens (including phenoxy) is 1. The first kappa shape index (κ1) is 15.3. The second kappa shape index (κ2) is 6.58. The number of carbonyl (C=O) groups excluding carboxylic acids is 2. The highest BCUT2D eigenvalue weighted by Gasteiger charge is 2.23. The van der Waals surface area contributed by atoms with E-state index in [1.54, 1.807) is 18.1 Å². The van der Waals surface area contributed by atoms with Crippen LogP contribution in [0.15, 0.2) is 18.2 Å². The van der Waals surface area contributed by atoms with Gasteiger partial charge in [0.2, 0.25) is 5.91 Å². The summed E-state index contributed by atoms with van der Waals surface area (Å²) in [5.74, 6) is 0.373. The molecule has 0 radical (unpaired) electrons. The van der Waals surface area contributed by atoms with Crippen LogP contribution in [0.4, 0.5) is 0 Å². The number of hydrogen-bond donors (Lipinski definition) is 1. The Morgan fingerprint density at radius 3 is 2.48 bits per heavy atom. The number of amides is 2. The fourth-order valence-corrected chi connectivity index (χ4v) is 2.47. The molecule has 2 N–H and O–H groups in total. The van der Waals surface area contributed by atoms with Gasteiger partial charge in [-0.1, -0.05) is 6.07 Å². The number of primary amides is 1. The van der Waals surface area contributed by atoms with Gasteiger partial charge in [0.05, 0.1) is 13.7 Å². The number of hydrogen-bond acceptors (Lipinski definition) is 4. The lowest BCUT2D eigenvalue weighted by atomic mass is 10.1. The third kappa shape index (κ3) is 3.72. The molecule has 0 saturated carbocycles. The summed E-state index contributed by atoms with van der Waals surface area (Å²) in [4.78, 5) is 27.1. The van der Waals surface area contributed by atoms with Crippen molar-refractivity contribution in [1.29, 1.82) is 0 Å². The Kier molecular flexibility index (Phi) is 4.80. The summed E-state index contributed by atoms with van der Waals surface area (Å²) in [6.07, 6.45) is 0. The molecular formula is C15H21N3O3. The van der Waals surface area contributed by atoms with E-state index in [0.717, 1.165) is 5.56 Å². The topological polar surface area (TPSA) is 75.9 Å². The molecule has 114 valence electrons. The van der Waals surface area contributed by atoms with Crippen molar-refractivity contribution in [2.75, 3.05) is 39.8 Å². The Balaban J connectivity index is 2.00. The van der Waals surface area contributed by atoms with Crippen molar-refractivity contribution in [1.82, 2.24) is 9.80 Å². The molecule has 1 heterocycles. The summed E-state index contributed by atoms with van der Waals surface area (Å²) in [6, 6.07) is 5.47. The number of methoxy groups -OCH3 is 1. The molecular weight excluding hydrogens is 270 g/mol. The van der Waals surface area contributed by atoms with Crippen LogP contribution in [0, 0.1) is 6.92 Å². The summed E-state index contributed by atoms with van der Waals surface area (Å²) in [5, 5.41) is 0. The minimum atomic E-state index is -0.335. The first-order valence-corrected chi connectivity index (χ1v) is 6.96. The summed E-state index contributed by atoms with van der Waals surface area (Å²) in [6.45, 7) is 4.72. The molecule has 21 heavy (non-hydrogen) atoms. The van der Waals surface area contributed by atoms with Crippen molar-refractivity contribution in [3.05, 3.63) is 29.3 Å². The summed E-state index contributed by atoms with van der Waals surface area (Å²) in [5.41, 5.74) is 6.81. The van der Waals surface area contributed by atoms with Crippen molar-refractivity contribution in [2.45, 2.75) is 6.92 Å². The van der Waals surface area contributed by atoms with Gasteiger partial charge in [-0.05, 0) is 24.6 Å². The number of nitrogens with zero attached hydrogens (tertiary/aromatic N) is 2. The number of nitrogens with two attached hydrogens (primary N) is 1. The molecule has 6 nitrogen and oxygen atoms in total. The molecule has 1 saturated heterocycles. The zero-order chi connectivity index (χ0) is 15.4. The lowest BCUT2D eigenvalue weighted by Gasteiger charge is -2.34. The maximum absolute atomic E-state index is 12.5. The molecule has 2 amide bonds. The van der Waals surface area contributed by atoms with Gasteiger partial charge in [-0.25, -0.2) is 0 Å². The third-order valence-electron chi connectivity index (χ3n) is 3.69. The highest BCUT2D eigenvalue weighted by Crippen LogP contribution is 2.20. The van der Waals surface area contributed by atoms with Crippen LogP contribution in [0.5, 0.6) is 5.75 Å². The van der Waals surface area contributed by atoms with E-state index in [0.29, 0.717) is 37.5 Å². The molecule has 0 aliphatic carbocycles. The lowest BCUT2D eigenvalue weighted by Crippen LogP contribution is -2.50. The van der Waals surface area contributed by atoms with Gasteiger partial charge in [-0.2, -0.15) is 0 Å². The lowest BCUT2D eigenvalue weighted by molar-refractivity contribution is -0.119. The molecule has 0 spiro atoms. The molecule has 1 aliphatic rings. The minimum Gasteiger partial charge on any atom is -0.496 e. The average Bonchev–Trinajstić information content (AvgIpc) is 2.47. The summed E-state index contributed by atoms with van der Waals surface area (Å²) >= 11 is 0. The van der Waals surface area contributed by atoms with Gasteiger partial charge in [-0.3, -0.25) is 14.5 Å². The second-order valence-corrected chi connectivity index (χ2v) is 5.22. The predicted octanol–water partition coefficient (Wildman–Crippen LogP) is 0.247. The van der Waals surface area contributed by atoms with Crippen LogP contribution in [0.25, 0.3) is 0 Å². The Bertz CT molecular complexity index is 537. The average molecular weight is 291 g/mol. The van der Waals surface area contributed by atoms with Gasteiger partial charge in [0.15, 0.2) is 0 Å². The van der Waals surface area contributed by atoms with Gasteiger partial charge < -0.3 is 15.4 Å². The zero-order valence-corrected chi connectivity index (χ0v) is 12.5. The van der Waals surface area contributed by atoms with Crippen LogP contribution in [0.2, 0.25) is 0 Å². The molecule has 1 aromatic rings. The molecule has 0 aromatic heterocycles. The smallest absolute Gasteiger partial charge is 0.254 e. The van der Waals surface area contributed by atoms with Crippen LogP contribution in [-0.2, 0) is 4.79 Å². The van der Waals surface area contributed by atoms with Gasteiger partial charge >= 0.3 is 0 Å². The molecule has 1 fully saturated rings. The number of rotatable bonds is 4. The highest BCUT2D eigenvalue weighted by atomic mass is 16.5. The van der Waals surface area contributed by atoms with Crippen LogP contribution in [-0.4, -0.2) is 61.4 Å². The van der Waals surface area contributed by atoms with Gasteiger partial charge in [-0.15, -0.1) is 0 Å². The van der Waals surface area contributed by atoms with Gasteiger partial charge in [0.25, 0.3) is 5.91 Å². The fourth-order valence-electron chi connectivity index (χ4n) is 2.47. The van der Waals surface area contributed by atoms with Crippen LogP contribution in [0.3, 0.4) is 0 Å². The SMILES string of the molecule is COc1cc(C(=O)N2CCN(CC(N)=O)CC2)ccc1C. The Morgan fingerprint density at radius 1 is 1.24 bits per heavy atom. The zero-order valence-electron chi connectivity index (χ0n) is 12.5. The molecule has 1 aliphatic heterocycles. The van der Waals surface area contributed by atoms with E-state index in [-0.39, 0.29) is 18.4 Å².